The van der Waals surface area contributed by atoms with Gasteiger partial charge in [0, 0.05) is 16.1 Å². The third kappa shape index (κ3) is 2.36. The van der Waals surface area contributed by atoms with Crippen LogP contribution >= 0.6 is 15.9 Å². The Morgan fingerprint density at radius 1 is 1.12 bits per heavy atom. The molecule has 2 aromatic rings. The van der Waals surface area contributed by atoms with Crippen LogP contribution in [-0.4, -0.2) is 5.11 Å². The van der Waals surface area contributed by atoms with Gasteiger partial charge in [-0.1, -0.05) is 28.1 Å². The van der Waals surface area contributed by atoms with Gasteiger partial charge in [0.05, 0.1) is 0 Å². The molecule has 0 bridgehead atoms. The predicted molar refractivity (Wildman–Crippen MR) is 67.1 cm³/mol. The molecule has 2 rings (SSSR count). The van der Waals surface area contributed by atoms with Crippen molar-refractivity contribution in [2.24, 2.45) is 0 Å². The van der Waals surface area contributed by atoms with Gasteiger partial charge in [-0.15, -0.1) is 0 Å². The number of phenolic OH excluding ortho intramolecular Hbond substituents is 1. The molecule has 0 heterocycles. The molecule has 0 aliphatic rings. The Bertz CT molecular complexity index is 509. The standard InChI is InChI=1S/C13H11BrO2/c1-9-12(14)6-3-7-13(9)16-11-5-2-4-10(15)8-11/h2-8,15H,1H3. The molecule has 2 aromatic carbocycles. The Morgan fingerprint density at radius 2 is 1.88 bits per heavy atom. The summed E-state index contributed by atoms with van der Waals surface area (Å²) in [6, 6.07) is 12.5. The monoisotopic (exact) mass is 278 g/mol. The zero-order valence-corrected chi connectivity index (χ0v) is 10.4. The van der Waals surface area contributed by atoms with Crippen LogP contribution < -0.4 is 4.74 Å². The van der Waals surface area contributed by atoms with Crippen LogP contribution in [0.15, 0.2) is 46.9 Å². The Balaban J connectivity index is 2.31. The topological polar surface area (TPSA) is 29.5 Å². The highest BCUT2D eigenvalue weighted by atomic mass is 79.9. The maximum atomic E-state index is 9.33. The highest BCUT2D eigenvalue weighted by Gasteiger charge is 2.04. The van der Waals surface area contributed by atoms with Crippen molar-refractivity contribution in [2.75, 3.05) is 0 Å². The summed E-state index contributed by atoms with van der Waals surface area (Å²) in [6.07, 6.45) is 0. The van der Waals surface area contributed by atoms with E-state index < -0.39 is 0 Å². The van der Waals surface area contributed by atoms with E-state index in [2.05, 4.69) is 15.9 Å². The molecule has 3 heteroatoms. The van der Waals surface area contributed by atoms with Crippen LogP contribution in [-0.2, 0) is 0 Å². The lowest BCUT2D eigenvalue weighted by atomic mass is 10.2. The molecule has 0 saturated carbocycles. The third-order valence-corrected chi connectivity index (χ3v) is 3.12. The second kappa shape index (κ2) is 4.58. The van der Waals surface area contributed by atoms with Crippen LogP contribution in [0.25, 0.3) is 0 Å². The Kier molecular flexibility index (Phi) is 3.15. The maximum absolute atomic E-state index is 9.33. The first-order valence-electron chi connectivity index (χ1n) is 4.89. The minimum atomic E-state index is 0.199. The van der Waals surface area contributed by atoms with E-state index in [0.29, 0.717) is 5.75 Å². The van der Waals surface area contributed by atoms with E-state index in [1.54, 1.807) is 24.3 Å². The van der Waals surface area contributed by atoms with Gasteiger partial charge in [0.1, 0.15) is 17.2 Å². The number of aromatic hydroxyl groups is 1. The smallest absolute Gasteiger partial charge is 0.131 e. The van der Waals surface area contributed by atoms with E-state index in [9.17, 15) is 5.11 Å². The van der Waals surface area contributed by atoms with Gasteiger partial charge in [0.15, 0.2) is 0 Å². The van der Waals surface area contributed by atoms with E-state index >= 15 is 0 Å². The van der Waals surface area contributed by atoms with Crippen LogP contribution in [0, 0.1) is 6.92 Å². The van der Waals surface area contributed by atoms with E-state index in [4.69, 9.17) is 4.74 Å². The van der Waals surface area contributed by atoms with Gasteiger partial charge in [-0.05, 0) is 31.2 Å². The fourth-order valence-electron chi connectivity index (χ4n) is 1.37. The summed E-state index contributed by atoms with van der Waals surface area (Å²) in [5.74, 6) is 1.60. The summed E-state index contributed by atoms with van der Waals surface area (Å²) < 4.78 is 6.69. The first kappa shape index (κ1) is 11.0. The number of rotatable bonds is 2. The second-order valence-electron chi connectivity index (χ2n) is 3.46. The molecule has 0 unspecified atom stereocenters. The number of ether oxygens (including phenoxy) is 1. The third-order valence-electron chi connectivity index (χ3n) is 2.26. The molecule has 82 valence electrons. The number of phenols is 1. The molecule has 0 fully saturated rings. The van der Waals surface area contributed by atoms with Crippen molar-refractivity contribution in [3.8, 4) is 17.2 Å². The van der Waals surface area contributed by atoms with Crippen LogP contribution in [0.1, 0.15) is 5.56 Å². The number of hydrogen-bond acceptors (Lipinski definition) is 2. The molecule has 2 nitrogen and oxygen atoms in total. The maximum Gasteiger partial charge on any atom is 0.131 e. The van der Waals surface area contributed by atoms with Crippen molar-refractivity contribution in [1.82, 2.24) is 0 Å². The van der Waals surface area contributed by atoms with Crippen molar-refractivity contribution < 1.29 is 9.84 Å². The highest BCUT2D eigenvalue weighted by Crippen LogP contribution is 2.30. The SMILES string of the molecule is Cc1c(Br)cccc1Oc1cccc(O)c1. The van der Waals surface area contributed by atoms with Crippen molar-refractivity contribution in [2.45, 2.75) is 6.92 Å². The summed E-state index contributed by atoms with van der Waals surface area (Å²) in [6.45, 7) is 1.97. The summed E-state index contributed by atoms with van der Waals surface area (Å²) in [4.78, 5) is 0. The summed E-state index contributed by atoms with van der Waals surface area (Å²) in [5, 5.41) is 9.33. The number of benzene rings is 2. The molecule has 0 amide bonds. The van der Waals surface area contributed by atoms with Gasteiger partial charge >= 0.3 is 0 Å². The lowest BCUT2D eigenvalue weighted by Gasteiger charge is -2.09. The lowest BCUT2D eigenvalue weighted by molar-refractivity contribution is 0.453. The zero-order valence-electron chi connectivity index (χ0n) is 8.77. The fourth-order valence-corrected chi connectivity index (χ4v) is 1.72. The average Bonchev–Trinajstić information content (AvgIpc) is 2.25. The molecule has 16 heavy (non-hydrogen) atoms. The molecule has 1 N–H and O–H groups in total. The Labute approximate surface area is 103 Å². The molecular weight excluding hydrogens is 268 g/mol. The largest absolute Gasteiger partial charge is 0.508 e. The quantitative estimate of drug-likeness (QED) is 0.890. The first-order valence-corrected chi connectivity index (χ1v) is 5.68. The van der Waals surface area contributed by atoms with Crippen LogP contribution in [0.3, 0.4) is 0 Å². The molecular formula is C13H11BrO2. The number of hydrogen-bond donors (Lipinski definition) is 1. The van der Waals surface area contributed by atoms with Gasteiger partial charge in [-0.3, -0.25) is 0 Å². The summed E-state index contributed by atoms with van der Waals surface area (Å²) >= 11 is 3.44. The van der Waals surface area contributed by atoms with Gasteiger partial charge in [0.25, 0.3) is 0 Å². The Hall–Kier alpha value is -1.48. The molecule has 0 aromatic heterocycles. The highest BCUT2D eigenvalue weighted by molar-refractivity contribution is 9.10. The average molecular weight is 279 g/mol. The van der Waals surface area contributed by atoms with E-state index in [1.807, 2.05) is 25.1 Å². The molecule has 0 spiro atoms. The minimum absolute atomic E-state index is 0.199. The van der Waals surface area contributed by atoms with Crippen LogP contribution in [0.5, 0.6) is 17.2 Å². The minimum Gasteiger partial charge on any atom is -0.508 e. The first-order chi connectivity index (χ1) is 7.66. The Morgan fingerprint density at radius 3 is 2.62 bits per heavy atom. The van der Waals surface area contributed by atoms with Gasteiger partial charge in [-0.2, -0.15) is 0 Å². The normalized spacial score (nSPS) is 10.1. The van der Waals surface area contributed by atoms with Crippen LogP contribution in [0.2, 0.25) is 0 Å². The van der Waals surface area contributed by atoms with Crippen molar-refractivity contribution in [3.63, 3.8) is 0 Å². The molecule has 0 aliphatic heterocycles. The summed E-state index contributed by atoms with van der Waals surface area (Å²) in [7, 11) is 0. The summed E-state index contributed by atoms with van der Waals surface area (Å²) in [5.41, 5.74) is 1.03. The lowest BCUT2D eigenvalue weighted by Crippen LogP contribution is -1.87. The van der Waals surface area contributed by atoms with E-state index in [0.717, 1.165) is 15.8 Å². The molecule has 0 radical (unpaired) electrons. The number of halogens is 1. The van der Waals surface area contributed by atoms with E-state index in [1.165, 1.54) is 0 Å². The van der Waals surface area contributed by atoms with Crippen LogP contribution in [0.4, 0.5) is 0 Å². The van der Waals surface area contributed by atoms with Gasteiger partial charge in [-0.25, -0.2) is 0 Å². The molecule has 0 saturated heterocycles. The van der Waals surface area contributed by atoms with Gasteiger partial charge in [0.2, 0.25) is 0 Å². The van der Waals surface area contributed by atoms with Gasteiger partial charge < -0.3 is 9.84 Å². The second-order valence-corrected chi connectivity index (χ2v) is 4.32. The fraction of sp³-hybridized carbons (Fsp3) is 0.0769. The molecule has 0 atom stereocenters. The van der Waals surface area contributed by atoms with Crippen molar-refractivity contribution in [3.05, 3.63) is 52.5 Å². The predicted octanol–water partition coefficient (Wildman–Crippen LogP) is 4.26. The van der Waals surface area contributed by atoms with Crippen molar-refractivity contribution in [1.29, 1.82) is 0 Å². The molecule has 0 aliphatic carbocycles. The van der Waals surface area contributed by atoms with Crippen molar-refractivity contribution >= 4 is 15.9 Å². The van der Waals surface area contributed by atoms with E-state index in [-0.39, 0.29) is 5.75 Å². The zero-order chi connectivity index (χ0) is 11.5.